The Labute approximate surface area is 201 Å². The molecule has 3 aromatic rings. The van der Waals surface area contributed by atoms with Gasteiger partial charge in [-0.2, -0.15) is 8.78 Å². The largest absolute Gasteiger partial charge is 0.454 e. The number of imidazole rings is 1. The van der Waals surface area contributed by atoms with E-state index in [9.17, 15) is 8.78 Å². The van der Waals surface area contributed by atoms with Crippen LogP contribution in [-0.4, -0.2) is 42.3 Å². The first-order valence-corrected chi connectivity index (χ1v) is 9.78. The summed E-state index contributed by atoms with van der Waals surface area (Å²) in [6.45, 7) is -0.0499. The van der Waals surface area contributed by atoms with Crippen molar-refractivity contribution in [1.29, 1.82) is 0 Å². The molecule has 0 aliphatic carbocycles. The maximum absolute atomic E-state index is 12.8. The fourth-order valence-corrected chi connectivity index (χ4v) is 3.34. The molecule has 0 atom stereocenters. The van der Waals surface area contributed by atoms with E-state index in [1.807, 2.05) is 35.9 Å². The van der Waals surface area contributed by atoms with E-state index < -0.39 is 6.61 Å². The smallest absolute Gasteiger partial charge is 0.387 e. The highest BCUT2D eigenvalue weighted by Gasteiger charge is 2.20. The van der Waals surface area contributed by atoms with Crippen LogP contribution in [-0.2, 0) is 13.0 Å². The second-order valence-corrected chi connectivity index (χ2v) is 6.95. The average molecular weight is 559 g/mol. The molecule has 0 fully saturated rings. The third kappa shape index (κ3) is 5.50. The lowest BCUT2D eigenvalue weighted by Crippen LogP contribution is -2.38. The van der Waals surface area contributed by atoms with E-state index in [0.29, 0.717) is 36.0 Å². The highest BCUT2D eigenvalue weighted by molar-refractivity contribution is 14.0. The molecule has 1 aliphatic heterocycles. The molecule has 1 aromatic carbocycles. The molecule has 1 aliphatic rings. The van der Waals surface area contributed by atoms with Gasteiger partial charge in [0.1, 0.15) is 11.4 Å². The Bertz CT molecular complexity index is 1110. The van der Waals surface area contributed by atoms with Crippen molar-refractivity contribution in [3.8, 4) is 17.2 Å². The van der Waals surface area contributed by atoms with Crippen molar-refractivity contribution in [3.63, 3.8) is 0 Å². The molecule has 0 saturated heterocycles. The lowest BCUT2D eigenvalue weighted by molar-refractivity contribution is -0.0505. The van der Waals surface area contributed by atoms with Gasteiger partial charge in [-0.3, -0.25) is 4.99 Å². The van der Waals surface area contributed by atoms with Crippen LogP contribution in [0.1, 0.15) is 16.8 Å². The predicted molar refractivity (Wildman–Crippen MR) is 126 cm³/mol. The second kappa shape index (κ2) is 10.7. The molecule has 11 heteroatoms. The van der Waals surface area contributed by atoms with Crippen molar-refractivity contribution in [1.82, 2.24) is 20.0 Å². The van der Waals surface area contributed by atoms with Crippen LogP contribution in [0.4, 0.5) is 8.78 Å². The van der Waals surface area contributed by atoms with Gasteiger partial charge in [-0.25, -0.2) is 4.98 Å². The second-order valence-electron chi connectivity index (χ2n) is 6.95. The monoisotopic (exact) mass is 559 g/mol. The third-order valence-electron chi connectivity index (χ3n) is 4.84. The number of ether oxygens (including phenoxy) is 3. The summed E-state index contributed by atoms with van der Waals surface area (Å²) in [7, 11) is 1.64. The number of aromatic nitrogens is 2. The fraction of sp³-hybridized carbons (Fsp3) is 0.333. The van der Waals surface area contributed by atoms with Gasteiger partial charge in [0, 0.05) is 50.6 Å². The number of pyridine rings is 1. The van der Waals surface area contributed by atoms with Crippen molar-refractivity contribution in [2.24, 2.45) is 4.99 Å². The molecule has 0 bridgehead atoms. The van der Waals surface area contributed by atoms with Crippen molar-refractivity contribution >= 4 is 35.6 Å². The topological polar surface area (TPSA) is 81.4 Å². The molecule has 0 amide bonds. The van der Waals surface area contributed by atoms with Gasteiger partial charge in [0.15, 0.2) is 17.5 Å². The van der Waals surface area contributed by atoms with E-state index in [-0.39, 0.29) is 43.1 Å². The van der Waals surface area contributed by atoms with Crippen molar-refractivity contribution < 1.29 is 23.0 Å². The summed E-state index contributed by atoms with van der Waals surface area (Å²) < 4.78 is 42.8. The minimum Gasteiger partial charge on any atom is -0.454 e. The molecule has 3 heterocycles. The van der Waals surface area contributed by atoms with Gasteiger partial charge in [-0.1, -0.05) is 6.07 Å². The highest BCUT2D eigenvalue weighted by atomic mass is 127. The zero-order valence-electron chi connectivity index (χ0n) is 17.6. The molecule has 4 rings (SSSR count). The molecule has 0 radical (unpaired) electrons. The van der Waals surface area contributed by atoms with Crippen molar-refractivity contribution in [3.05, 3.63) is 53.5 Å². The van der Waals surface area contributed by atoms with E-state index in [4.69, 9.17) is 9.47 Å². The number of nitrogens with one attached hydrogen (secondary N) is 2. The summed E-state index contributed by atoms with van der Waals surface area (Å²) in [5, 5.41) is 6.31. The Morgan fingerprint density at radius 1 is 1.28 bits per heavy atom. The lowest BCUT2D eigenvalue weighted by Gasteiger charge is -2.15. The van der Waals surface area contributed by atoms with Gasteiger partial charge in [0.25, 0.3) is 0 Å². The Morgan fingerprint density at radius 2 is 2.06 bits per heavy atom. The Hall–Kier alpha value is -2.83. The number of aryl methyl sites for hydroxylation is 1. The summed E-state index contributed by atoms with van der Waals surface area (Å²) in [4.78, 5) is 8.83. The van der Waals surface area contributed by atoms with Crippen LogP contribution in [0.2, 0.25) is 0 Å². The van der Waals surface area contributed by atoms with Crippen molar-refractivity contribution in [2.75, 3.05) is 20.4 Å². The molecule has 32 heavy (non-hydrogen) atoms. The van der Waals surface area contributed by atoms with Crippen molar-refractivity contribution in [2.45, 2.75) is 26.5 Å². The molecule has 2 aromatic heterocycles. The molecule has 0 saturated carbocycles. The van der Waals surface area contributed by atoms with Crippen LogP contribution in [0.15, 0.2) is 41.7 Å². The van der Waals surface area contributed by atoms with Gasteiger partial charge >= 0.3 is 6.61 Å². The lowest BCUT2D eigenvalue weighted by atomic mass is 10.1. The van der Waals surface area contributed by atoms with E-state index in [1.54, 1.807) is 13.1 Å². The Balaban J connectivity index is 0.00000289. The molecule has 0 unspecified atom stereocenters. The van der Waals surface area contributed by atoms with Gasteiger partial charge < -0.3 is 29.2 Å². The first kappa shape index (κ1) is 23.8. The third-order valence-corrected chi connectivity index (χ3v) is 4.84. The minimum absolute atomic E-state index is 0. The summed E-state index contributed by atoms with van der Waals surface area (Å²) in [5.41, 5.74) is 3.52. The first-order valence-electron chi connectivity index (χ1n) is 9.78. The number of hydrogen-bond acceptors (Lipinski definition) is 5. The quantitative estimate of drug-likeness (QED) is 0.262. The number of nitrogens with zero attached hydrogens (tertiary/aromatic N) is 3. The number of aliphatic imine (C=N–C) groups is 1. The molecule has 172 valence electrons. The fourth-order valence-electron chi connectivity index (χ4n) is 3.34. The van der Waals surface area contributed by atoms with E-state index in [0.717, 1.165) is 16.9 Å². The van der Waals surface area contributed by atoms with Gasteiger partial charge in [0.05, 0.1) is 5.69 Å². The molecular weight excluding hydrogens is 535 g/mol. The number of hydrogen-bond donors (Lipinski definition) is 2. The van der Waals surface area contributed by atoms with Gasteiger partial charge in [-0.05, 0) is 24.6 Å². The summed E-state index contributed by atoms with van der Waals surface area (Å²) in [6, 6.07) is 7.05. The number of alkyl halides is 2. The van der Waals surface area contributed by atoms with Crippen LogP contribution in [0.5, 0.6) is 17.2 Å². The number of fused-ring (bicyclic) bond motifs is 2. The van der Waals surface area contributed by atoms with Crippen LogP contribution in [0, 0.1) is 6.92 Å². The molecule has 2 N–H and O–H groups in total. The molecule has 0 spiro atoms. The SMILES string of the molecule is CN=C(NCCc1cn2cccc(C)c2n1)NCc1cc2c(cc1OC(F)F)OCO2.I. The Kier molecular flexibility index (Phi) is 7.94. The van der Waals surface area contributed by atoms with Crippen LogP contribution in [0.25, 0.3) is 5.65 Å². The zero-order chi connectivity index (χ0) is 21.8. The number of rotatable bonds is 7. The molecule has 8 nitrogen and oxygen atoms in total. The van der Waals surface area contributed by atoms with Crippen LogP contribution < -0.4 is 24.8 Å². The maximum atomic E-state index is 12.8. The van der Waals surface area contributed by atoms with Crippen LogP contribution in [0.3, 0.4) is 0 Å². The summed E-state index contributed by atoms with van der Waals surface area (Å²) >= 11 is 0. The van der Waals surface area contributed by atoms with Gasteiger partial charge in [0.2, 0.25) is 6.79 Å². The highest BCUT2D eigenvalue weighted by Crippen LogP contribution is 2.38. The van der Waals surface area contributed by atoms with Gasteiger partial charge in [-0.15, -0.1) is 24.0 Å². The van der Waals surface area contributed by atoms with Crippen LogP contribution >= 0.6 is 24.0 Å². The number of benzene rings is 1. The molecular formula is C21H24F2IN5O3. The Morgan fingerprint density at radius 3 is 2.78 bits per heavy atom. The maximum Gasteiger partial charge on any atom is 0.387 e. The van der Waals surface area contributed by atoms with E-state index >= 15 is 0 Å². The summed E-state index contributed by atoms with van der Waals surface area (Å²) in [6.07, 6.45) is 4.67. The zero-order valence-corrected chi connectivity index (χ0v) is 19.9. The minimum atomic E-state index is -2.94. The van der Waals surface area contributed by atoms with E-state index in [2.05, 4.69) is 25.3 Å². The normalized spacial score (nSPS) is 12.7. The average Bonchev–Trinajstić information content (AvgIpc) is 3.37. The first-order chi connectivity index (χ1) is 15.0. The predicted octanol–water partition coefficient (Wildman–Crippen LogP) is 3.50. The number of guanidine groups is 1. The standard InChI is InChI=1S/C21H23F2N5O3.HI/c1-13-4-3-7-28-11-15(27-19(13)28)5-6-25-21(24-2)26-10-14-8-17-18(30-12-29-17)9-16(14)31-20(22)23;/h3-4,7-9,11,20H,5-6,10,12H2,1-2H3,(H2,24,25,26);1H. The van der Waals surface area contributed by atoms with E-state index in [1.165, 1.54) is 6.07 Å². The number of halogens is 3. The summed E-state index contributed by atoms with van der Waals surface area (Å²) in [5.74, 6) is 1.43.